The quantitative estimate of drug-likeness (QED) is 0.504. The van der Waals surface area contributed by atoms with Crippen LogP contribution in [-0.2, 0) is 0 Å². The number of benzene rings is 1. The third kappa shape index (κ3) is 2.26. The van der Waals surface area contributed by atoms with Crippen molar-refractivity contribution in [3.05, 3.63) is 59.2 Å². The molecule has 0 spiro atoms. The van der Waals surface area contributed by atoms with Gasteiger partial charge in [0, 0.05) is 5.56 Å². The Balaban J connectivity index is 2.40. The summed E-state index contributed by atoms with van der Waals surface area (Å²) in [5, 5.41) is 0. The maximum absolute atomic E-state index is 12.5. The van der Waals surface area contributed by atoms with Crippen LogP contribution < -0.4 is 5.73 Å². The molecule has 2 N–H and O–H groups in total. The molecule has 94 valence electrons. The Morgan fingerprint density at radius 2 is 1.89 bits per heavy atom. The fourth-order valence-corrected chi connectivity index (χ4v) is 2.39. The molecule has 1 aliphatic carbocycles. The number of carbonyl (C=O) groups is 1. The molecule has 18 heavy (non-hydrogen) atoms. The van der Waals surface area contributed by atoms with Crippen LogP contribution in [0.3, 0.4) is 0 Å². The average molecular weight is 262 g/mol. The lowest BCUT2D eigenvalue weighted by Crippen LogP contribution is -2.47. The zero-order valence-electron chi connectivity index (χ0n) is 10.5. The summed E-state index contributed by atoms with van der Waals surface area (Å²) in [6, 6.07) is 9.11. The zero-order valence-corrected chi connectivity index (χ0v) is 11.2. The lowest BCUT2D eigenvalue weighted by molar-refractivity contribution is 0.0927. The summed E-state index contributed by atoms with van der Waals surface area (Å²) in [6.45, 7) is 3.80. The van der Waals surface area contributed by atoms with Gasteiger partial charge in [-0.1, -0.05) is 59.7 Å². The lowest BCUT2D eigenvalue weighted by Gasteiger charge is -2.33. The summed E-state index contributed by atoms with van der Waals surface area (Å²) in [5.41, 5.74) is 8.57. The highest BCUT2D eigenvalue weighted by molar-refractivity contribution is 6.28. The second-order valence-electron chi connectivity index (χ2n) is 4.71. The highest BCUT2D eigenvalue weighted by atomic mass is 35.5. The predicted octanol–water partition coefficient (Wildman–Crippen LogP) is 3.29. The van der Waals surface area contributed by atoms with E-state index in [2.05, 4.69) is 0 Å². The molecule has 0 aliphatic heterocycles. The maximum atomic E-state index is 12.5. The van der Waals surface area contributed by atoms with Gasteiger partial charge in [0.25, 0.3) is 0 Å². The Labute approximate surface area is 112 Å². The van der Waals surface area contributed by atoms with Gasteiger partial charge in [0.15, 0.2) is 5.78 Å². The maximum Gasteiger partial charge on any atom is 0.173 e. The summed E-state index contributed by atoms with van der Waals surface area (Å²) < 4.78 is 0. The van der Waals surface area contributed by atoms with E-state index in [0.717, 1.165) is 11.1 Å². The van der Waals surface area contributed by atoms with E-state index in [0.29, 0.717) is 5.56 Å². The Kier molecular flexibility index (Phi) is 3.42. The van der Waals surface area contributed by atoms with Crippen molar-refractivity contribution in [1.82, 2.24) is 0 Å². The minimum atomic E-state index is -1.13. The fraction of sp³-hybridized carbons (Fsp3) is 0.267. The highest BCUT2D eigenvalue weighted by Gasteiger charge is 2.40. The minimum Gasteiger partial charge on any atom is -0.308 e. The van der Waals surface area contributed by atoms with Crippen LogP contribution in [0.5, 0.6) is 0 Å². The second kappa shape index (κ2) is 4.71. The standard InChI is InChI=1S/C15H16ClNO/c1-10-8-11(2)15(16,17)13(9-10)14(18)12-6-4-3-5-7-12/h3-9,13H,17H2,1-2H3. The average Bonchev–Trinajstić information content (AvgIpc) is 2.34. The van der Waals surface area contributed by atoms with E-state index < -0.39 is 10.9 Å². The van der Waals surface area contributed by atoms with Gasteiger partial charge in [-0.2, -0.15) is 0 Å². The largest absolute Gasteiger partial charge is 0.308 e. The molecule has 0 amide bonds. The van der Waals surface area contributed by atoms with E-state index in [4.69, 9.17) is 17.3 Å². The number of nitrogens with two attached hydrogens (primary N) is 1. The summed E-state index contributed by atoms with van der Waals surface area (Å²) in [5.74, 6) is -0.563. The number of alkyl halides is 1. The topological polar surface area (TPSA) is 43.1 Å². The molecule has 1 aliphatic rings. The van der Waals surface area contributed by atoms with E-state index in [1.54, 1.807) is 12.1 Å². The number of rotatable bonds is 2. The van der Waals surface area contributed by atoms with Crippen molar-refractivity contribution in [1.29, 1.82) is 0 Å². The van der Waals surface area contributed by atoms with Crippen molar-refractivity contribution in [2.45, 2.75) is 18.8 Å². The predicted molar refractivity (Wildman–Crippen MR) is 74.5 cm³/mol. The van der Waals surface area contributed by atoms with E-state index >= 15 is 0 Å². The minimum absolute atomic E-state index is 0.0418. The van der Waals surface area contributed by atoms with Crippen LogP contribution >= 0.6 is 11.6 Å². The van der Waals surface area contributed by atoms with Crippen molar-refractivity contribution in [3.8, 4) is 0 Å². The van der Waals surface area contributed by atoms with Gasteiger partial charge >= 0.3 is 0 Å². The molecule has 0 saturated heterocycles. The summed E-state index contributed by atoms with van der Waals surface area (Å²) >= 11 is 6.34. The van der Waals surface area contributed by atoms with Gasteiger partial charge in [-0.15, -0.1) is 0 Å². The number of halogens is 1. The van der Waals surface area contributed by atoms with E-state index in [9.17, 15) is 4.79 Å². The normalized spacial score (nSPS) is 27.4. The van der Waals surface area contributed by atoms with Gasteiger partial charge in [0.2, 0.25) is 0 Å². The Hall–Kier alpha value is -1.38. The van der Waals surface area contributed by atoms with Crippen LogP contribution in [0.25, 0.3) is 0 Å². The molecule has 2 nitrogen and oxygen atoms in total. The molecule has 2 atom stereocenters. The molecule has 0 bridgehead atoms. The Morgan fingerprint density at radius 1 is 1.28 bits per heavy atom. The number of hydrogen-bond acceptors (Lipinski definition) is 2. The molecule has 2 unspecified atom stereocenters. The van der Waals surface area contributed by atoms with Gasteiger partial charge in [-0.05, 0) is 19.4 Å². The zero-order chi connectivity index (χ0) is 13.3. The smallest absolute Gasteiger partial charge is 0.173 e. The summed E-state index contributed by atoms with van der Waals surface area (Å²) in [4.78, 5) is 11.3. The van der Waals surface area contributed by atoms with E-state index in [1.165, 1.54) is 0 Å². The Morgan fingerprint density at radius 3 is 2.50 bits per heavy atom. The van der Waals surface area contributed by atoms with Crippen LogP contribution in [-0.4, -0.2) is 10.8 Å². The molecular weight excluding hydrogens is 246 g/mol. The van der Waals surface area contributed by atoms with Crippen LogP contribution in [0, 0.1) is 5.92 Å². The van der Waals surface area contributed by atoms with Crippen molar-refractivity contribution in [2.75, 3.05) is 0 Å². The summed E-state index contributed by atoms with van der Waals surface area (Å²) in [7, 11) is 0. The molecule has 1 aromatic carbocycles. The molecule has 3 heteroatoms. The van der Waals surface area contributed by atoms with Gasteiger partial charge in [-0.25, -0.2) is 0 Å². The van der Waals surface area contributed by atoms with Gasteiger partial charge < -0.3 is 5.73 Å². The number of ketones is 1. The number of carbonyl (C=O) groups excluding carboxylic acids is 1. The van der Waals surface area contributed by atoms with Crippen LogP contribution in [0.4, 0.5) is 0 Å². The van der Waals surface area contributed by atoms with Crippen LogP contribution in [0.1, 0.15) is 24.2 Å². The first-order chi connectivity index (χ1) is 8.43. The number of Topliss-reactive ketones (excluding diaryl/α,β-unsaturated/α-hetero) is 1. The molecule has 0 radical (unpaired) electrons. The second-order valence-corrected chi connectivity index (χ2v) is 5.34. The van der Waals surface area contributed by atoms with E-state index in [1.807, 2.05) is 44.2 Å². The number of hydrogen-bond donors (Lipinski definition) is 1. The molecule has 2 rings (SSSR count). The van der Waals surface area contributed by atoms with Crippen molar-refractivity contribution in [2.24, 2.45) is 11.7 Å². The highest BCUT2D eigenvalue weighted by Crippen LogP contribution is 2.36. The number of allylic oxidation sites excluding steroid dienone is 2. The van der Waals surface area contributed by atoms with Crippen molar-refractivity contribution >= 4 is 17.4 Å². The molecule has 0 saturated carbocycles. The molecular formula is C15H16ClNO. The molecule has 0 fully saturated rings. The molecule has 1 aromatic rings. The van der Waals surface area contributed by atoms with Gasteiger partial charge in [-0.3, -0.25) is 4.79 Å². The van der Waals surface area contributed by atoms with E-state index in [-0.39, 0.29) is 5.78 Å². The third-order valence-electron chi connectivity index (χ3n) is 3.27. The third-order valence-corrected chi connectivity index (χ3v) is 3.80. The molecule has 0 aromatic heterocycles. The fourth-order valence-electron chi connectivity index (χ4n) is 2.18. The first kappa shape index (κ1) is 13.1. The van der Waals surface area contributed by atoms with Gasteiger partial charge in [0.05, 0.1) is 5.92 Å². The van der Waals surface area contributed by atoms with Crippen LogP contribution in [0.15, 0.2) is 53.6 Å². The monoisotopic (exact) mass is 261 g/mol. The lowest BCUT2D eigenvalue weighted by atomic mass is 9.81. The summed E-state index contributed by atoms with van der Waals surface area (Å²) in [6.07, 6.45) is 3.76. The Bertz CT molecular complexity index is 529. The molecule has 0 heterocycles. The van der Waals surface area contributed by atoms with Crippen molar-refractivity contribution in [3.63, 3.8) is 0 Å². The SMILES string of the molecule is CC1=CC(C(=O)c2ccccc2)C(N)(Cl)C(C)=C1. The van der Waals surface area contributed by atoms with Gasteiger partial charge in [0.1, 0.15) is 5.00 Å². The first-order valence-electron chi connectivity index (χ1n) is 5.87. The first-order valence-corrected chi connectivity index (χ1v) is 6.25. The van der Waals surface area contributed by atoms with Crippen LogP contribution in [0.2, 0.25) is 0 Å². The van der Waals surface area contributed by atoms with Crippen molar-refractivity contribution < 1.29 is 4.79 Å².